The topological polar surface area (TPSA) is 74.7 Å². The van der Waals surface area contributed by atoms with E-state index in [-0.39, 0.29) is 23.4 Å². The largest absolute Gasteiger partial charge is 0.367 e. The lowest BCUT2D eigenvalue weighted by molar-refractivity contribution is -0.134. The molecule has 0 aliphatic carbocycles. The zero-order valence-electron chi connectivity index (χ0n) is 17.8. The van der Waals surface area contributed by atoms with Crippen molar-refractivity contribution in [2.24, 2.45) is 0 Å². The van der Waals surface area contributed by atoms with Gasteiger partial charge in [-0.1, -0.05) is 23.7 Å². The summed E-state index contributed by atoms with van der Waals surface area (Å²) in [6.45, 7) is 6.84. The van der Waals surface area contributed by atoms with Crippen molar-refractivity contribution in [1.82, 2.24) is 9.88 Å². The van der Waals surface area contributed by atoms with Crippen molar-refractivity contribution in [3.05, 3.63) is 57.5 Å². The molecule has 31 heavy (non-hydrogen) atoms. The van der Waals surface area contributed by atoms with E-state index in [1.807, 2.05) is 50.4 Å². The van der Waals surface area contributed by atoms with Crippen molar-refractivity contribution in [2.75, 3.05) is 36.0 Å². The van der Waals surface area contributed by atoms with Crippen LogP contribution < -0.4 is 20.7 Å². The van der Waals surface area contributed by atoms with Crippen LogP contribution in [0.3, 0.4) is 0 Å². The van der Waals surface area contributed by atoms with Gasteiger partial charge in [0.15, 0.2) is 0 Å². The summed E-state index contributed by atoms with van der Waals surface area (Å²) in [5, 5.41) is 2.97. The number of pyridine rings is 1. The number of carbonyl (C=O) groups is 2. The minimum absolute atomic E-state index is 0.0313. The lowest BCUT2D eigenvalue weighted by atomic mass is 9.90. The molecule has 2 aromatic rings. The molecule has 1 aromatic carbocycles. The fourth-order valence-electron chi connectivity index (χ4n) is 4.37. The van der Waals surface area contributed by atoms with E-state index in [0.717, 1.165) is 16.9 Å². The second-order valence-corrected chi connectivity index (χ2v) is 8.74. The van der Waals surface area contributed by atoms with E-state index in [2.05, 4.69) is 15.1 Å². The highest BCUT2D eigenvalue weighted by molar-refractivity contribution is 6.34. The molecule has 4 rings (SSSR count). The molecular weight excluding hydrogens is 416 g/mol. The standard InChI is InChI=1S/C23H27ClN4O3/c1-15(2)28-10-4-7-19(23(28)31)27-13-11-26(12-14-27)18-6-3-5-16(21(18)24)17-8-9-20(29)25-22(17)30/h3-7,10,15,17H,8-9,11-14H2,1-2H3,(H,25,29,30). The molecule has 8 heteroatoms. The van der Waals surface area contributed by atoms with Gasteiger partial charge in [0.1, 0.15) is 5.69 Å². The number of rotatable bonds is 4. The molecule has 3 heterocycles. The average Bonchev–Trinajstić information content (AvgIpc) is 2.75. The molecule has 0 bridgehead atoms. The number of imide groups is 1. The number of amides is 2. The van der Waals surface area contributed by atoms with Crippen molar-refractivity contribution >= 4 is 34.8 Å². The zero-order valence-corrected chi connectivity index (χ0v) is 18.6. The number of nitrogens with one attached hydrogen (secondary N) is 1. The van der Waals surface area contributed by atoms with Crippen molar-refractivity contribution < 1.29 is 9.59 Å². The maximum atomic E-state index is 12.8. The number of benzene rings is 1. The van der Waals surface area contributed by atoms with Gasteiger partial charge in [0, 0.05) is 44.8 Å². The van der Waals surface area contributed by atoms with Crippen LogP contribution in [0, 0.1) is 0 Å². The Hall–Kier alpha value is -2.80. The Labute approximate surface area is 186 Å². The van der Waals surface area contributed by atoms with Gasteiger partial charge in [-0.2, -0.15) is 0 Å². The normalized spacial score (nSPS) is 19.7. The van der Waals surface area contributed by atoms with Crippen LogP contribution in [0.25, 0.3) is 0 Å². The number of piperazine rings is 1. The summed E-state index contributed by atoms with van der Waals surface area (Å²) in [6, 6.07) is 9.65. The van der Waals surface area contributed by atoms with Crippen molar-refractivity contribution in [3.63, 3.8) is 0 Å². The maximum Gasteiger partial charge on any atom is 0.274 e. The van der Waals surface area contributed by atoms with Gasteiger partial charge in [0.05, 0.1) is 16.6 Å². The third-order valence-electron chi connectivity index (χ3n) is 6.09. The van der Waals surface area contributed by atoms with Crippen LogP contribution in [0.4, 0.5) is 11.4 Å². The average molecular weight is 443 g/mol. The first kappa shape index (κ1) is 21.4. The molecule has 2 saturated heterocycles. The Morgan fingerprint density at radius 3 is 2.26 bits per heavy atom. The fourth-order valence-corrected chi connectivity index (χ4v) is 4.75. The lowest BCUT2D eigenvalue weighted by Crippen LogP contribution is -2.48. The van der Waals surface area contributed by atoms with Crippen LogP contribution in [-0.2, 0) is 9.59 Å². The summed E-state index contributed by atoms with van der Waals surface area (Å²) in [6.07, 6.45) is 2.62. The molecular formula is C23H27ClN4O3. The summed E-state index contributed by atoms with van der Waals surface area (Å²) in [5.41, 5.74) is 2.40. The van der Waals surface area contributed by atoms with Gasteiger partial charge in [0.25, 0.3) is 5.56 Å². The number of aromatic nitrogens is 1. The van der Waals surface area contributed by atoms with Crippen LogP contribution in [0.2, 0.25) is 5.02 Å². The molecule has 1 unspecified atom stereocenters. The molecule has 2 aliphatic rings. The predicted octanol–water partition coefficient (Wildman–Crippen LogP) is 2.93. The molecule has 1 atom stereocenters. The highest BCUT2D eigenvalue weighted by atomic mass is 35.5. The van der Waals surface area contributed by atoms with E-state index in [1.165, 1.54) is 0 Å². The second-order valence-electron chi connectivity index (χ2n) is 8.36. The molecule has 164 valence electrons. The number of piperidine rings is 1. The smallest absolute Gasteiger partial charge is 0.274 e. The van der Waals surface area contributed by atoms with Gasteiger partial charge in [-0.05, 0) is 44.0 Å². The molecule has 0 saturated carbocycles. The number of carbonyl (C=O) groups excluding carboxylic acids is 2. The molecule has 2 amide bonds. The van der Waals surface area contributed by atoms with Gasteiger partial charge in [-0.3, -0.25) is 19.7 Å². The Morgan fingerprint density at radius 2 is 1.61 bits per heavy atom. The van der Waals surface area contributed by atoms with Crippen molar-refractivity contribution in [1.29, 1.82) is 0 Å². The van der Waals surface area contributed by atoms with Crippen LogP contribution in [0.1, 0.15) is 44.2 Å². The summed E-state index contributed by atoms with van der Waals surface area (Å²) in [4.78, 5) is 40.9. The number of anilines is 2. The van der Waals surface area contributed by atoms with E-state index in [0.29, 0.717) is 44.0 Å². The van der Waals surface area contributed by atoms with Crippen LogP contribution in [-0.4, -0.2) is 42.6 Å². The van der Waals surface area contributed by atoms with Crippen molar-refractivity contribution in [2.45, 2.75) is 38.6 Å². The van der Waals surface area contributed by atoms with Crippen LogP contribution >= 0.6 is 11.6 Å². The third-order valence-corrected chi connectivity index (χ3v) is 6.51. The Balaban J connectivity index is 1.51. The molecule has 2 fully saturated rings. The Bertz CT molecular complexity index is 1060. The molecule has 1 N–H and O–H groups in total. The second kappa shape index (κ2) is 8.75. The van der Waals surface area contributed by atoms with Gasteiger partial charge in [0.2, 0.25) is 11.8 Å². The van der Waals surface area contributed by atoms with E-state index in [1.54, 1.807) is 4.57 Å². The van der Waals surface area contributed by atoms with Gasteiger partial charge >= 0.3 is 0 Å². The number of halogens is 1. The van der Waals surface area contributed by atoms with E-state index < -0.39 is 5.92 Å². The quantitative estimate of drug-likeness (QED) is 0.737. The van der Waals surface area contributed by atoms with Gasteiger partial charge < -0.3 is 14.4 Å². The molecule has 2 aliphatic heterocycles. The summed E-state index contributed by atoms with van der Waals surface area (Å²) in [5.74, 6) is -0.932. The summed E-state index contributed by atoms with van der Waals surface area (Å²) in [7, 11) is 0. The summed E-state index contributed by atoms with van der Waals surface area (Å²) < 4.78 is 1.75. The third kappa shape index (κ3) is 4.19. The van der Waals surface area contributed by atoms with E-state index in [9.17, 15) is 14.4 Å². The number of hydrogen-bond acceptors (Lipinski definition) is 5. The molecule has 0 radical (unpaired) electrons. The van der Waals surface area contributed by atoms with Crippen molar-refractivity contribution in [3.8, 4) is 0 Å². The Morgan fingerprint density at radius 1 is 0.968 bits per heavy atom. The summed E-state index contributed by atoms with van der Waals surface area (Å²) >= 11 is 6.74. The molecule has 7 nitrogen and oxygen atoms in total. The fraction of sp³-hybridized carbons (Fsp3) is 0.435. The Kier molecular flexibility index (Phi) is 6.05. The molecule has 0 spiro atoms. The number of hydrogen-bond donors (Lipinski definition) is 1. The SMILES string of the molecule is CC(C)n1cccc(N2CCN(c3cccc(C4CCC(=O)NC4=O)c3Cl)CC2)c1=O. The van der Waals surface area contributed by atoms with E-state index in [4.69, 9.17) is 11.6 Å². The maximum absolute atomic E-state index is 12.8. The highest BCUT2D eigenvalue weighted by Crippen LogP contribution is 2.37. The number of nitrogens with zero attached hydrogens (tertiary/aromatic N) is 3. The highest BCUT2D eigenvalue weighted by Gasteiger charge is 2.31. The van der Waals surface area contributed by atoms with Crippen LogP contribution in [0.15, 0.2) is 41.3 Å². The van der Waals surface area contributed by atoms with Crippen LogP contribution in [0.5, 0.6) is 0 Å². The molecule has 1 aromatic heterocycles. The lowest BCUT2D eigenvalue weighted by Gasteiger charge is -2.38. The van der Waals surface area contributed by atoms with Gasteiger partial charge in [-0.25, -0.2) is 0 Å². The first-order chi connectivity index (χ1) is 14.9. The minimum Gasteiger partial charge on any atom is -0.367 e. The first-order valence-corrected chi connectivity index (χ1v) is 11.1. The van der Waals surface area contributed by atoms with Gasteiger partial charge in [-0.15, -0.1) is 0 Å². The first-order valence-electron chi connectivity index (χ1n) is 10.7. The zero-order chi connectivity index (χ0) is 22.1. The monoisotopic (exact) mass is 442 g/mol. The van der Waals surface area contributed by atoms with E-state index >= 15 is 0 Å². The minimum atomic E-state index is -0.412. The predicted molar refractivity (Wildman–Crippen MR) is 122 cm³/mol.